The van der Waals surface area contributed by atoms with Crippen molar-refractivity contribution in [1.29, 1.82) is 0 Å². The van der Waals surface area contributed by atoms with Crippen molar-refractivity contribution in [1.82, 2.24) is 29.7 Å². The fourth-order valence-corrected chi connectivity index (χ4v) is 6.72. The summed E-state index contributed by atoms with van der Waals surface area (Å²) in [5.41, 5.74) is 2.56. The molecule has 0 radical (unpaired) electrons. The summed E-state index contributed by atoms with van der Waals surface area (Å²) in [5, 5.41) is 10.3. The van der Waals surface area contributed by atoms with Gasteiger partial charge in [-0.05, 0) is 68.1 Å². The topological polar surface area (TPSA) is 98.2 Å². The Morgan fingerprint density at radius 3 is 2.45 bits per heavy atom. The van der Waals surface area contributed by atoms with Crippen LogP contribution >= 0.6 is 23.2 Å². The smallest absolute Gasteiger partial charge is 0.407 e. The Bertz CT molecular complexity index is 1400. The maximum Gasteiger partial charge on any atom is 0.407 e. The van der Waals surface area contributed by atoms with Gasteiger partial charge in [-0.25, -0.2) is 19.7 Å². The molecule has 3 saturated heterocycles. The summed E-state index contributed by atoms with van der Waals surface area (Å²) in [6.45, 7) is 7.25. The van der Waals surface area contributed by atoms with E-state index in [-0.39, 0.29) is 0 Å². The lowest BCUT2D eigenvalue weighted by Gasteiger charge is -2.34. The summed E-state index contributed by atoms with van der Waals surface area (Å²) in [7, 11) is 1.63. The SMILES string of the molecule is CN(CC1CCN(Cc2cc(Oc3cnc(N4CCN5CCC4C5)nc3)nc(-c3cc(Cl)cc(Cl)c3)c2)CC1)C(=O)O. The number of nitrogens with zero attached hydrogens (tertiary/aromatic N) is 7. The number of hydrogen-bond donors (Lipinski definition) is 1. The number of halogens is 2. The summed E-state index contributed by atoms with van der Waals surface area (Å²) in [6.07, 6.45) is 5.59. The Labute approximate surface area is 255 Å². The zero-order chi connectivity index (χ0) is 29.2. The van der Waals surface area contributed by atoms with E-state index in [1.807, 2.05) is 24.3 Å². The monoisotopic (exact) mass is 611 g/mol. The van der Waals surface area contributed by atoms with E-state index in [0.29, 0.717) is 52.4 Å². The van der Waals surface area contributed by atoms with Crippen molar-refractivity contribution in [2.75, 3.05) is 57.8 Å². The number of pyridine rings is 1. The number of ether oxygens (including phenoxy) is 1. The van der Waals surface area contributed by atoms with Gasteiger partial charge in [0.15, 0.2) is 5.75 Å². The van der Waals surface area contributed by atoms with E-state index >= 15 is 0 Å². The molecule has 0 saturated carbocycles. The number of likely N-dealkylation sites (tertiary alicyclic amines) is 1. The molecule has 5 heterocycles. The van der Waals surface area contributed by atoms with Crippen LogP contribution in [0.4, 0.5) is 10.7 Å². The Hall–Kier alpha value is -3.18. The van der Waals surface area contributed by atoms with Crippen molar-refractivity contribution < 1.29 is 14.6 Å². The molecule has 6 rings (SSSR count). The van der Waals surface area contributed by atoms with Gasteiger partial charge < -0.3 is 19.6 Å². The number of fused-ring (bicyclic) bond motifs is 2. The summed E-state index contributed by atoms with van der Waals surface area (Å²) >= 11 is 12.6. The van der Waals surface area contributed by atoms with Crippen molar-refractivity contribution in [2.24, 2.45) is 5.92 Å². The highest BCUT2D eigenvalue weighted by molar-refractivity contribution is 6.35. The largest absolute Gasteiger partial charge is 0.465 e. The van der Waals surface area contributed by atoms with Gasteiger partial charge in [-0.15, -0.1) is 0 Å². The first kappa shape index (κ1) is 28.9. The Balaban J connectivity index is 1.19. The molecule has 3 aromatic rings. The summed E-state index contributed by atoms with van der Waals surface area (Å²) in [6, 6.07) is 9.85. The molecule has 1 amide bonds. The average molecular weight is 613 g/mol. The van der Waals surface area contributed by atoms with Crippen LogP contribution in [0.25, 0.3) is 11.3 Å². The molecule has 1 aromatic carbocycles. The molecule has 0 aliphatic carbocycles. The predicted molar refractivity (Wildman–Crippen MR) is 163 cm³/mol. The highest BCUT2D eigenvalue weighted by atomic mass is 35.5. The maximum absolute atomic E-state index is 11.2. The molecule has 3 aliphatic rings. The fraction of sp³-hybridized carbons (Fsp3) is 0.467. The number of carbonyl (C=O) groups is 1. The zero-order valence-electron chi connectivity index (χ0n) is 23.6. The van der Waals surface area contributed by atoms with E-state index in [4.69, 9.17) is 32.9 Å². The summed E-state index contributed by atoms with van der Waals surface area (Å²) < 4.78 is 6.21. The fourth-order valence-electron chi connectivity index (χ4n) is 6.20. The number of amides is 1. The van der Waals surface area contributed by atoms with E-state index in [2.05, 4.69) is 24.7 Å². The number of hydrogen-bond acceptors (Lipinski definition) is 8. The van der Waals surface area contributed by atoms with E-state index in [9.17, 15) is 9.90 Å². The molecule has 1 N–H and O–H groups in total. The Kier molecular flexibility index (Phi) is 8.67. The minimum atomic E-state index is -0.882. The Morgan fingerprint density at radius 1 is 1.00 bits per heavy atom. The second-order valence-electron chi connectivity index (χ2n) is 11.5. The quantitative estimate of drug-likeness (QED) is 0.361. The molecule has 2 unspecified atom stereocenters. The van der Waals surface area contributed by atoms with Crippen molar-refractivity contribution in [3.63, 3.8) is 0 Å². The van der Waals surface area contributed by atoms with Crippen LogP contribution in [0.1, 0.15) is 24.8 Å². The molecule has 3 aliphatic heterocycles. The van der Waals surface area contributed by atoms with E-state index in [0.717, 1.165) is 75.6 Å². The van der Waals surface area contributed by atoms with Gasteiger partial charge in [0.05, 0.1) is 18.1 Å². The third-order valence-electron chi connectivity index (χ3n) is 8.43. The molecular formula is C30H35Cl2N7O3. The molecule has 2 atom stereocenters. The van der Waals surface area contributed by atoms with Crippen molar-refractivity contribution >= 4 is 35.2 Å². The molecule has 2 bridgehead atoms. The predicted octanol–water partition coefficient (Wildman–Crippen LogP) is 5.35. The third-order valence-corrected chi connectivity index (χ3v) is 8.87. The first-order valence-electron chi connectivity index (χ1n) is 14.4. The van der Waals surface area contributed by atoms with Crippen LogP contribution in [0.5, 0.6) is 11.6 Å². The first-order chi connectivity index (χ1) is 20.3. The first-order valence-corrected chi connectivity index (χ1v) is 15.2. The van der Waals surface area contributed by atoms with E-state index in [1.165, 1.54) is 4.90 Å². The molecule has 42 heavy (non-hydrogen) atoms. The van der Waals surface area contributed by atoms with E-state index in [1.54, 1.807) is 25.5 Å². The van der Waals surface area contributed by atoms with Crippen LogP contribution in [0.15, 0.2) is 42.7 Å². The van der Waals surface area contributed by atoms with Gasteiger partial charge in [0.2, 0.25) is 11.8 Å². The van der Waals surface area contributed by atoms with Crippen LogP contribution in [-0.4, -0.2) is 99.8 Å². The van der Waals surface area contributed by atoms with Crippen LogP contribution in [0.3, 0.4) is 0 Å². The lowest BCUT2D eigenvalue weighted by Crippen LogP contribution is -2.47. The highest BCUT2D eigenvalue weighted by Crippen LogP contribution is 2.31. The normalized spacial score (nSPS) is 21.0. The Morgan fingerprint density at radius 2 is 1.74 bits per heavy atom. The lowest BCUT2D eigenvalue weighted by molar-refractivity contribution is 0.126. The molecule has 10 nitrogen and oxygen atoms in total. The number of carboxylic acid groups (broad SMARTS) is 1. The number of aromatic nitrogens is 3. The van der Waals surface area contributed by atoms with Gasteiger partial charge in [0.25, 0.3) is 0 Å². The van der Waals surface area contributed by atoms with Gasteiger partial charge >= 0.3 is 6.09 Å². The van der Waals surface area contributed by atoms with Gasteiger partial charge in [-0.2, -0.15) is 0 Å². The van der Waals surface area contributed by atoms with Crippen molar-refractivity contribution in [3.8, 4) is 22.9 Å². The summed E-state index contributed by atoms with van der Waals surface area (Å²) in [5.74, 6) is 2.07. The number of piperazine rings is 1. The van der Waals surface area contributed by atoms with Crippen molar-refractivity contribution in [2.45, 2.75) is 31.8 Å². The lowest BCUT2D eigenvalue weighted by atomic mass is 9.96. The molecule has 3 fully saturated rings. The molecular weight excluding hydrogens is 577 g/mol. The third kappa shape index (κ3) is 6.89. The maximum atomic E-state index is 11.2. The van der Waals surface area contributed by atoms with Crippen LogP contribution < -0.4 is 9.64 Å². The van der Waals surface area contributed by atoms with Gasteiger partial charge in [0.1, 0.15) is 0 Å². The molecule has 2 aromatic heterocycles. The molecule has 222 valence electrons. The minimum absolute atomic E-state index is 0.364. The number of rotatable bonds is 8. The van der Waals surface area contributed by atoms with Gasteiger partial charge in [-0.3, -0.25) is 9.80 Å². The minimum Gasteiger partial charge on any atom is -0.465 e. The zero-order valence-corrected chi connectivity index (χ0v) is 25.1. The van der Waals surface area contributed by atoms with Crippen LogP contribution in [0, 0.1) is 5.92 Å². The number of anilines is 1. The van der Waals surface area contributed by atoms with Crippen LogP contribution in [-0.2, 0) is 6.54 Å². The molecule has 12 heteroatoms. The van der Waals surface area contributed by atoms with Crippen LogP contribution in [0.2, 0.25) is 10.0 Å². The van der Waals surface area contributed by atoms with Gasteiger partial charge in [-0.1, -0.05) is 23.2 Å². The summed E-state index contributed by atoms with van der Waals surface area (Å²) in [4.78, 5) is 33.8. The highest BCUT2D eigenvalue weighted by Gasteiger charge is 2.33. The number of piperidine rings is 1. The van der Waals surface area contributed by atoms with Gasteiger partial charge in [0, 0.05) is 74.0 Å². The van der Waals surface area contributed by atoms with Crippen molar-refractivity contribution in [3.05, 3.63) is 58.3 Å². The average Bonchev–Trinajstić information content (AvgIpc) is 3.34. The number of benzene rings is 1. The van der Waals surface area contributed by atoms with E-state index < -0.39 is 6.09 Å². The second kappa shape index (κ2) is 12.6. The standard InChI is InChI=1S/C30H35Cl2N7O3/c1-36(30(40)41)17-20-2-5-37(6-3-20)18-21-10-27(22-12-23(31)14-24(32)13-22)35-28(11-21)42-26-15-33-29(34-16-26)39-9-8-38-7-4-25(39)19-38/h10-16,20,25H,2-9,17-19H2,1H3,(H,40,41). The molecule has 0 spiro atoms. The second-order valence-corrected chi connectivity index (χ2v) is 12.4.